The van der Waals surface area contributed by atoms with Crippen molar-refractivity contribution in [3.8, 4) is 11.5 Å². The molecule has 1 aliphatic rings. The minimum absolute atomic E-state index is 0.0611. The van der Waals surface area contributed by atoms with Crippen molar-refractivity contribution in [3.05, 3.63) is 44.4 Å². The summed E-state index contributed by atoms with van der Waals surface area (Å²) in [7, 11) is 0. The molecule has 0 radical (unpaired) electrons. The molecule has 0 amide bonds. The van der Waals surface area contributed by atoms with E-state index in [1.807, 2.05) is 12.1 Å². The molecule has 0 saturated heterocycles. The molecule has 1 aliphatic heterocycles. The number of rotatable bonds is 1. The molecule has 0 spiro atoms. The zero-order chi connectivity index (χ0) is 12.5. The Bertz CT molecular complexity index is 653. The molecule has 2 aromatic rings. The molecule has 3 rings (SSSR count). The van der Waals surface area contributed by atoms with Crippen molar-refractivity contribution < 1.29 is 0 Å². The second-order valence-corrected chi connectivity index (χ2v) is 4.95. The van der Waals surface area contributed by atoms with E-state index in [1.54, 1.807) is 6.20 Å². The molecule has 0 atom stereocenters. The van der Waals surface area contributed by atoms with Crippen molar-refractivity contribution in [1.82, 2.24) is 20.3 Å². The van der Waals surface area contributed by atoms with Crippen LogP contribution in [0.1, 0.15) is 11.3 Å². The first-order valence-electron chi connectivity index (χ1n) is 5.69. The first kappa shape index (κ1) is 11.6. The summed E-state index contributed by atoms with van der Waals surface area (Å²) < 4.78 is 0.817. The van der Waals surface area contributed by atoms with Crippen molar-refractivity contribution >= 4 is 15.9 Å². The quantitative estimate of drug-likeness (QED) is 0.831. The van der Waals surface area contributed by atoms with Crippen LogP contribution in [0.5, 0.6) is 0 Å². The number of hydrogen-bond donors (Lipinski definition) is 2. The predicted molar refractivity (Wildman–Crippen MR) is 71.2 cm³/mol. The van der Waals surface area contributed by atoms with E-state index in [9.17, 15) is 4.79 Å². The second kappa shape index (κ2) is 4.62. The van der Waals surface area contributed by atoms with Crippen LogP contribution in [0.2, 0.25) is 0 Å². The molecule has 92 valence electrons. The molecular formula is C12H11BrN4O. The molecule has 5 nitrogen and oxygen atoms in total. The molecule has 6 heteroatoms. The minimum atomic E-state index is -0.0611. The van der Waals surface area contributed by atoms with Crippen molar-refractivity contribution in [2.45, 2.75) is 13.0 Å². The van der Waals surface area contributed by atoms with Gasteiger partial charge in [-0.1, -0.05) is 0 Å². The normalized spacial score (nSPS) is 14.3. The van der Waals surface area contributed by atoms with Gasteiger partial charge < -0.3 is 10.3 Å². The van der Waals surface area contributed by atoms with Crippen molar-refractivity contribution in [1.29, 1.82) is 0 Å². The average molecular weight is 307 g/mol. The molecule has 2 aromatic heterocycles. The summed E-state index contributed by atoms with van der Waals surface area (Å²) in [4.78, 5) is 23.5. The maximum Gasteiger partial charge on any atom is 0.254 e. The topological polar surface area (TPSA) is 70.7 Å². The Kier molecular flexibility index (Phi) is 2.97. The zero-order valence-electron chi connectivity index (χ0n) is 9.53. The zero-order valence-corrected chi connectivity index (χ0v) is 11.1. The Morgan fingerprint density at radius 3 is 3.11 bits per heavy atom. The fourth-order valence-electron chi connectivity index (χ4n) is 2.04. The fraction of sp³-hybridized carbons (Fsp3) is 0.250. The highest BCUT2D eigenvalue weighted by molar-refractivity contribution is 9.10. The average Bonchev–Trinajstić information content (AvgIpc) is 2.39. The third-order valence-corrected chi connectivity index (χ3v) is 3.57. The highest BCUT2D eigenvalue weighted by Gasteiger charge is 2.16. The lowest BCUT2D eigenvalue weighted by molar-refractivity contribution is 0.619. The van der Waals surface area contributed by atoms with Gasteiger partial charge in [0.25, 0.3) is 5.56 Å². The summed E-state index contributed by atoms with van der Waals surface area (Å²) >= 11 is 3.41. The smallest absolute Gasteiger partial charge is 0.254 e. The van der Waals surface area contributed by atoms with Crippen LogP contribution in [0.15, 0.2) is 27.6 Å². The van der Waals surface area contributed by atoms with Crippen LogP contribution in [0.25, 0.3) is 11.5 Å². The summed E-state index contributed by atoms with van der Waals surface area (Å²) in [6, 6.07) is 3.70. The van der Waals surface area contributed by atoms with Gasteiger partial charge in [-0.25, -0.2) is 4.98 Å². The van der Waals surface area contributed by atoms with Crippen LogP contribution in [0.3, 0.4) is 0 Å². The van der Waals surface area contributed by atoms with E-state index in [2.05, 4.69) is 36.2 Å². The first-order valence-corrected chi connectivity index (χ1v) is 6.48. The SMILES string of the molecule is O=c1[nH]c(-c2ncccc2Br)nc2c1CCNC2. The largest absolute Gasteiger partial charge is 0.311 e. The highest BCUT2D eigenvalue weighted by Crippen LogP contribution is 2.22. The third-order valence-electron chi connectivity index (χ3n) is 2.93. The number of pyridine rings is 1. The number of halogens is 1. The third kappa shape index (κ3) is 1.97. The molecule has 0 bridgehead atoms. The van der Waals surface area contributed by atoms with Crippen molar-refractivity contribution in [2.75, 3.05) is 6.54 Å². The van der Waals surface area contributed by atoms with Gasteiger partial charge in [0, 0.05) is 22.8 Å². The van der Waals surface area contributed by atoms with Gasteiger partial charge in [0.2, 0.25) is 0 Å². The predicted octanol–water partition coefficient (Wildman–Crippen LogP) is 1.24. The number of fused-ring (bicyclic) bond motifs is 1. The number of H-pyrrole nitrogens is 1. The van der Waals surface area contributed by atoms with Gasteiger partial charge in [-0.05, 0) is 41.0 Å². The molecule has 0 saturated carbocycles. The summed E-state index contributed by atoms with van der Waals surface area (Å²) in [5.41, 5.74) is 2.19. The van der Waals surface area contributed by atoms with Crippen LogP contribution in [0.4, 0.5) is 0 Å². The summed E-state index contributed by atoms with van der Waals surface area (Å²) in [5.74, 6) is 0.509. The van der Waals surface area contributed by atoms with E-state index in [4.69, 9.17) is 0 Å². The van der Waals surface area contributed by atoms with Crippen LogP contribution < -0.4 is 10.9 Å². The van der Waals surface area contributed by atoms with Crippen LogP contribution in [0, 0.1) is 0 Å². The lowest BCUT2D eigenvalue weighted by Gasteiger charge is -2.15. The highest BCUT2D eigenvalue weighted by atomic mass is 79.9. The van der Waals surface area contributed by atoms with E-state index >= 15 is 0 Å². The minimum Gasteiger partial charge on any atom is -0.311 e. The van der Waals surface area contributed by atoms with E-state index in [1.165, 1.54) is 0 Å². The standard InChI is InChI=1S/C12H11BrN4O/c13-8-2-1-4-15-10(8)11-16-9-6-14-5-3-7(9)12(18)17-11/h1-2,4,14H,3,5-6H2,(H,16,17,18). The lowest BCUT2D eigenvalue weighted by atomic mass is 10.1. The number of nitrogens with zero attached hydrogens (tertiary/aromatic N) is 2. The summed E-state index contributed by atoms with van der Waals surface area (Å²) in [6.07, 6.45) is 2.40. The van der Waals surface area contributed by atoms with E-state index in [0.717, 1.165) is 28.7 Å². The van der Waals surface area contributed by atoms with E-state index in [0.29, 0.717) is 18.1 Å². The van der Waals surface area contributed by atoms with Crippen LogP contribution >= 0.6 is 15.9 Å². The van der Waals surface area contributed by atoms with Crippen molar-refractivity contribution in [2.24, 2.45) is 0 Å². The molecule has 0 fully saturated rings. The maximum atomic E-state index is 12.0. The molecule has 18 heavy (non-hydrogen) atoms. The summed E-state index contributed by atoms with van der Waals surface area (Å²) in [5, 5.41) is 3.21. The Balaban J connectivity index is 2.17. The molecule has 0 aromatic carbocycles. The molecular weight excluding hydrogens is 296 g/mol. The molecule has 3 heterocycles. The van der Waals surface area contributed by atoms with Crippen molar-refractivity contribution in [3.63, 3.8) is 0 Å². The summed E-state index contributed by atoms with van der Waals surface area (Å²) in [6.45, 7) is 1.46. The Labute approximate surface area is 112 Å². The Hall–Kier alpha value is -1.53. The van der Waals surface area contributed by atoms with E-state index < -0.39 is 0 Å². The number of aromatic nitrogens is 3. The first-order chi connectivity index (χ1) is 8.75. The molecule has 0 aliphatic carbocycles. The van der Waals surface area contributed by atoms with Gasteiger partial charge in [0.05, 0.1) is 5.69 Å². The molecule has 0 unspecified atom stereocenters. The fourth-order valence-corrected chi connectivity index (χ4v) is 2.48. The lowest BCUT2D eigenvalue weighted by Crippen LogP contribution is -2.31. The van der Waals surface area contributed by atoms with Gasteiger partial charge in [-0.3, -0.25) is 9.78 Å². The van der Waals surface area contributed by atoms with Gasteiger partial charge in [-0.2, -0.15) is 0 Å². The van der Waals surface area contributed by atoms with Gasteiger partial charge in [0.15, 0.2) is 5.82 Å². The monoisotopic (exact) mass is 306 g/mol. The van der Waals surface area contributed by atoms with E-state index in [-0.39, 0.29) is 5.56 Å². The van der Waals surface area contributed by atoms with Gasteiger partial charge in [-0.15, -0.1) is 0 Å². The molecule has 2 N–H and O–H groups in total. The van der Waals surface area contributed by atoms with Gasteiger partial charge in [0.1, 0.15) is 5.69 Å². The number of hydrogen-bond acceptors (Lipinski definition) is 4. The van der Waals surface area contributed by atoms with Gasteiger partial charge >= 0.3 is 0 Å². The van der Waals surface area contributed by atoms with Crippen LogP contribution in [-0.2, 0) is 13.0 Å². The maximum absolute atomic E-state index is 12.0. The number of aromatic amines is 1. The Morgan fingerprint density at radius 1 is 1.39 bits per heavy atom. The number of nitrogens with one attached hydrogen (secondary N) is 2. The van der Waals surface area contributed by atoms with Crippen LogP contribution in [-0.4, -0.2) is 21.5 Å². The Morgan fingerprint density at radius 2 is 2.28 bits per heavy atom. The second-order valence-electron chi connectivity index (χ2n) is 4.10.